The number of carbonyl (C=O) groups is 3. The van der Waals surface area contributed by atoms with E-state index in [4.69, 9.17) is 19.9 Å². The van der Waals surface area contributed by atoms with E-state index in [-0.39, 0.29) is 22.1 Å². The molecule has 2 aromatic carbocycles. The number of fused-ring (bicyclic) bond motifs is 5. The molecule has 0 aromatic heterocycles. The minimum Gasteiger partial charge on any atom is -0.508 e. The maximum atomic E-state index is 13.6. The summed E-state index contributed by atoms with van der Waals surface area (Å²) in [6.45, 7) is 0. The largest absolute Gasteiger partial charge is 0.508 e. The first-order chi connectivity index (χ1) is 15.3. The van der Waals surface area contributed by atoms with Crippen LogP contribution in [-0.4, -0.2) is 42.4 Å². The number of rotatable bonds is 3. The molecule has 0 aliphatic carbocycles. The van der Waals surface area contributed by atoms with E-state index in [1.165, 1.54) is 26.4 Å². The highest BCUT2D eigenvalue weighted by Crippen LogP contribution is 2.55. The van der Waals surface area contributed by atoms with Gasteiger partial charge in [0.1, 0.15) is 28.2 Å². The number of hydrogen-bond acceptors (Lipinski definition) is 9. The van der Waals surface area contributed by atoms with Crippen molar-refractivity contribution in [3.8, 4) is 23.0 Å². The summed E-state index contributed by atoms with van der Waals surface area (Å²) in [5.41, 5.74) is 7.15. The van der Waals surface area contributed by atoms with Crippen LogP contribution in [0.1, 0.15) is 11.5 Å². The molecule has 0 bridgehead atoms. The van der Waals surface area contributed by atoms with Gasteiger partial charge in [-0.3, -0.25) is 9.59 Å². The van der Waals surface area contributed by atoms with Crippen molar-refractivity contribution in [2.45, 2.75) is 11.2 Å². The lowest BCUT2D eigenvalue weighted by molar-refractivity contribution is -0.131. The summed E-state index contributed by atoms with van der Waals surface area (Å²) < 4.78 is 15.9. The number of anilines is 1. The predicted molar refractivity (Wildman–Crippen MR) is 115 cm³/mol. The fourth-order valence-corrected chi connectivity index (χ4v) is 5.66. The van der Waals surface area contributed by atoms with Crippen LogP contribution in [0.3, 0.4) is 0 Å². The van der Waals surface area contributed by atoms with Gasteiger partial charge in [-0.2, -0.15) is 0 Å². The molecule has 0 unspecified atom stereocenters. The number of amides is 2. The lowest BCUT2D eigenvalue weighted by Gasteiger charge is -2.36. The first-order valence-electron chi connectivity index (χ1n) is 9.66. The molecule has 9 nitrogen and oxygen atoms in total. The van der Waals surface area contributed by atoms with E-state index >= 15 is 0 Å². The summed E-state index contributed by atoms with van der Waals surface area (Å²) in [5.74, 6) is -2.35. The van der Waals surface area contributed by atoms with Crippen molar-refractivity contribution in [1.29, 1.82) is 0 Å². The second kappa shape index (κ2) is 7.20. The SMILES string of the molecule is COc1cc(OC)cc(N2C(=O)[C@H]3[C@H](SC(N)=C4C(=O)Oc5cc(O)ccc5[C@@H]43)C2=O)c1. The van der Waals surface area contributed by atoms with Gasteiger partial charge in [0.05, 0.1) is 36.4 Å². The highest BCUT2D eigenvalue weighted by molar-refractivity contribution is 8.04. The number of imide groups is 1. The molecule has 10 heteroatoms. The molecule has 3 aliphatic heterocycles. The normalized spacial score (nSPS) is 24.0. The van der Waals surface area contributed by atoms with E-state index in [9.17, 15) is 19.5 Å². The number of esters is 1. The van der Waals surface area contributed by atoms with Crippen LogP contribution < -0.4 is 24.8 Å². The first kappa shape index (κ1) is 20.3. The van der Waals surface area contributed by atoms with Gasteiger partial charge < -0.3 is 25.1 Å². The molecule has 3 aliphatic rings. The predicted octanol–water partition coefficient (Wildman–Crippen LogP) is 1.89. The molecule has 3 N–H and O–H groups in total. The van der Waals surface area contributed by atoms with Crippen LogP contribution in [0.15, 0.2) is 47.0 Å². The molecule has 32 heavy (non-hydrogen) atoms. The van der Waals surface area contributed by atoms with Crippen molar-refractivity contribution in [2.75, 3.05) is 19.1 Å². The van der Waals surface area contributed by atoms with Gasteiger partial charge in [0.15, 0.2) is 0 Å². The number of carbonyl (C=O) groups excluding carboxylic acids is 3. The maximum Gasteiger partial charge on any atom is 0.342 e. The van der Waals surface area contributed by atoms with Gasteiger partial charge in [-0.05, 0) is 6.07 Å². The first-order valence-corrected chi connectivity index (χ1v) is 10.5. The number of nitrogens with two attached hydrogens (primary N) is 1. The molecule has 0 saturated carbocycles. The average molecular weight is 454 g/mol. The average Bonchev–Trinajstić information content (AvgIpc) is 3.02. The molecule has 2 amide bonds. The molecular formula is C22H18N2O7S. The second-order valence-electron chi connectivity index (χ2n) is 7.51. The summed E-state index contributed by atoms with van der Waals surface area (Å²) in [6, 6.07) is 9.10. The van der Waals surface area contributed by atoms with Gasteiger partial charge in [-0.25, -0.2) is 9.69 Å². The number of thioether (sulfide) groups is 1. The van der Waals surface area contributed by atoms with E-state index in [0.717, 1.165) is 16.7 Å². The molecule has 1 fully saturated rings. The monoisotopic (exact) mass is 454 g/mol. The fraction of sp³-hybridized carbons (Fsp3) is 0.227. The van der Waals surface area contributed by atoms with Gasteiger partial charge in [0.25, 0.3) is 0 Å². The number of benzene rings is 2. The van der Waals surface area contributed by atoms with Gasteiger partial charge >= 0.3 is 5.97 Å². The van der Waals surface area contributed by atoms with Crippen molar-refractivity contribution < 1.29 is 33.7 Å². The third kappa shape index (κ3) is 2.83. The number of methoxy groups -OCH3 is 2. The summed E-state index contributed by atoms with van der Waals surface area (Å²) in [4.78, 5) is 40.8. The van der Waals surface area contributed by atoms with Crippen LogP contribution >= 0.6 is 11.8 Å². The Hall–Kier alpha value is -3.66. The van der Waals surface area contributed by atoms with E-state index in [1.54, 1.807) is 24.3 Å². The number of phenols is 1. The molecule has 164 valence electrons. The standard InChI is InChI=1S/C22H18N2O7S/c1-29-11-5-9(6-12(8-11)30-2)24-20(26)16-15-13-4-3-10(25)7-14(13)31-22(28)17(15)19(23)32-18(16)21(24)27/h3-8,15-16,18,25H,23H2,1-2H3/t15-,16-,18+/m1/s1. The zero-order valence-corrected chi connectivity index (χ0v) is 17.8. The third-order valence-corrected chi connectivity index (χ3v) is 7.06. The zero-order valence-electron chi connectivity index (χ0n) is 17.0. The van der Waals surface area contributed by atoms with Crippen LogP contribution in [0.25, 0.3) is 0 Å². The van der Waals surface area contributed by atoms with Crippen molar-refractivity contribution in [3.05, 3.63) is 52.6 Å². The Bertz CT molecular complexity index is 1200. The van der Waals surface area contributed by atoms with Crippen LogP contribution in [0.4, 0.5) is 5.69 Å². The number of nitrogens with zero attached hydrogens (tertiary/aromatic N) is 1. The van der Waals surface area contributed by atoms with Crippen molar-refractivity contribution in [1.82, 2.24) is 0 Å². The van der Waals surface area contributed by atoms with Gasteiger partial charge in [0, 0.05) is 35.7 Å². The van der Waals surface area contributed by atoms with E-state index in [2.05, 4.69) is 0 Å². The molecule has 3 heterocycles. The Morgan fingerprint density at radius 3 is 2.38 bits per heavy atom. The second-order valence-corrected chi connectivity index (χ2v) is 8.70. The van der Waals surface area contributed by atoms with Crippen LogP contribution in [0.2, 0.25) is 0 Å². The molecule has 3 atom stereocenters. The molecule has 1 saturated heterocycles. The minimum atomic E-state index is -0.872. The quantitative estimate of drug-likeness (QED) is 0.406. The number of phenolic OH excluding ortho intramolecular Hbond substituents is 1. The Morgan fingerprint density at radius 1 is 1.03 bits per heavy atom. The smallest absolute Gasteiger partial charge is 0.342 e. The summed E-state index contributed by atoms with van der Waals surface area (Å²) in [7, 11) is 2.94. The minimum absolute atomic E-state index is 0.0855. The molecule has 0 spiro atoms. The van der Waals surface area contributed by atoms with Crippen molar-refractivity contribution >= 4 is 35.2 Å². The maximum absolute atomic E-state index is 13.6. The summed E-state index contributed by atoms with van der Waals surface area (Å²) in [6.07, 6.45) is 0. The summed E-state index contributed by atoms with van der Waals surface area (Å²) in [5, 5.41) is 9.13. The summed E-state index contributed by atoms with van der Waals surface area (Å²) >= 11 is 0.987. The van der Waals surface area contributed by atoms with Gasteiger partial charge in [-0.1, -0.05) is 17.8 Å². The zero-order chi connectivity index (χ0) is 22.7. The Labute approximate surface area is 186 Å². The van der Waals surface area contributed by atoms with E-state index < -0.39 is 34.9 Å². The molecule has 0 radical (unpaired) electrons. The highest BCUT2D eigenvalue weighted by Gasteiger charge is 2.58. The lowest BCUT2D eigenvalue weighted by Crippen LogP contribution is -2.39. The molecule has 5 rings (SSSR count). The third-order valence-electron chi connectivity index (χ3n) is 5.83. The fourth-order valence-electron chi connectivity index (χ4n) is 4.42. The lowest BCUT2D eigenvalue weighted by atomic mass is 9.77. The highest BCUT2D eigenvalue weighted by atomic mass is 32.2. The topological polar surface area (TPSA) is 128 Å². The van der Waals surface area contributed by atoms with Crippen molar-refractivity contribution in [3.63, 3.8) is 0 Å². The molecule has 2 aromatic rings. The van der Waals surface area contributed by atoms with E-state index in [1.807, 2.05) is 0 Å². The number of ether oxygens (including phenoxy) is 3. The van der Waals surface area contributed by atoms with Crippen molar-refractivity contribution in [2.24, 2.45) is 11.7 Å². The van der Waals surface area contributed by atoms with Gasteiger partial charge in [-0.15, -0.1) is 0 Å². The van der Waals surface area contributed by atoms with Crippen LogP contribution in [0, 0.1) is 5.92 Å². The Morgan fingerprint density at radius 2 is 1.72 bits per heavy atom. The Kier molecular flexibility index (Phi) is 4.55. The van der Waals surface area contributed by atoms with Crippen LogP contribution in [-0.2, 0) is 14.4 Å². The molecular weight excluding hydrogens is 436 g/mol. The van der Waals surface area contributed by atoms with E-state index in [0.29, 0.717) is 22.7 Å². The van der Waals surface area contributed by atoms with Crippen LogP contribution in [0.5, 0.6) is 23.0 Å². The Balaban J connectivity index is 1.64. The number of aromatic hydroxyl groups is 1. The van der Waals surface area contributed by atoms with Gasteiger partial charge in [0.2, 0.25) is 11.8 Å². The number of hydrogen-bond donors (Lipinski definition) is 2.